The van der Waals surface area contributed by atoms with Gasteiger partial charge in [0.1, 0.15) is 0 Å². The molecule has 0 unspecified atom stereocenters. The zero-order valence-electron chi connectivity index (χ0n) is 6.75. The number of ether oxygens (including phenoxy) is 1. The minimum absolute atomic E-state index is 0.0764. The average molecular weight is 192 g/mol. The van der Waals surface area contributed by atoms with Gasteiger partial charge in [-0.3, -0.25) is 0 Å². The predicted octanol–water partition coefficient (Wildman–Crippen LogP) is 1.75. The second kappa shape index (κ2) is 3.72. The summed E-state index contributed by atoms with van der Waals surface area (Å²) in [5.74, 6) is 2.03. The number of carbonyl (C=O) groups excluding carboxylic acids is 1. The van der Waals surface area contributed by atoms with E-state index in [1.54, 1.807) is 23.5 Å². The molecule has 11 heavy (non-hydrogen) atoms. The lowest BCUT2D eigenvalue weighted by molar-refractivity contribution is -0.142. The molecule has 1 saturated heterocycles. The zero-order chi connectivity index (χ0) is 8.32. The fourth-order valence-electron chi connectivity index (χ4n) is 0.895. The predicted molar refractivity (Wildman–Crippen MR) is 50.0 cm³/mol. The Kier molecular flexibility index (Phi) is 3.13. The zero-order valence-corrected chi connectivity index (χ0v) is 8.39. The number of rotatable bonds is 2. The number of esters is 1. The molecule has 0 atom stereocenters. The van der Waals surface area contributed by atoms with Crippen molar-refractivity contribution in [2.45, 2.75) is 17.9 Å². The normalized spacial score (nSPS) is 21.6. The molecule has 64 valence electrons. The standard InChI is InChI=1S/C7H12O2S2/c1-3-9-6(8)7(2)10-4-5-11-7/h3-5H2,1-2H3. The highest BCUT2D eigenvalue weighted by atomic mass is 32.2. The Morgan fingerprint density at radius 2 is 2.09 bits per heavy atom. The van der Waals surface area contributed by atoms with E-state index in [2.05, 4.69) is 0 Å². The van der Waals surface area contributed by atoms with E-state index in [0.717, 1.165) is 11.5 Å². The van der Waals surface area contributed by atoms with Crippen LogP contribution < -0.4 is 0 Å². The molecule has 0 N–H and O–H groups in total. The summed E-state index contributed by atoms with van der Waals surface area (Å²) >= 11 is 3.36. The molecule has 1 heterocycles. The van der Waals surface area contributed by atoms with Gasteiger partial charge in [0.2, 0.25) is 0 Å². The smallest absolute Gasteiger partial charge is 0.332 e. The maximum atomic E-state index is 11.3. The molecule has 0 aromatic heterocycles. The monoisotopic (exact) mass is 192 g/mol. The molecule has 0 spiro atoms. The van der Waals surface area contributed by atoms with E-state index in [0.29, 0.717) is 6.61 Å². The van der Waals surface area contributed by atoms with Crippen molar-refractivity contribution in [1.29, 1.82) is 0 Å². The van der Waals surface area contributed by atoms with Crippen molar-refractivity contribution in [2.24, 2.45) is 0 Å². The van der Waals surface area contributed by atoms with Gasteiger partial charge in [0.25, 0.3) is 0 Å². The molecule has 0 saturated carbocycles. The van der Waals surface area contributed by atoms with Crippen molar-refractivity contribution >= 4 is 29.5 Å². The second-order valence-corrected chi connectivity index (χ2v) is 5.65. The minimum atomic E-state index is -0.323. The molecule has 0 bridgehead atoms. The highest BCUT2D eigenvalue weighted by molar-refractivity contribution is 8.22. The van der Waals surface area contributed by atoms with E-state index in [9.17, 15) is 4.79 Å². The molecule has 1 aliphatic rings. The van der Waals surface area contributed by atoms with Crippen LogP contribution in [0.5, 0.6) is 0 Å². The van der Waals surface area contributed by atoms with Crippen LogP contribution in [0, 0.1) is 0 Å². The van der Waals surface area contributed by atoms with Gasteiger partial charge in [-0.25, -0.2) is 4.79 Å². The molecule has 0 amide bonds. The van der Waals surface area contributed by atoms with Gasteiger partial charge in [-0.05, 0) is 13.8 Å². The summed E-state index contributed by atoms with van der Waals surface area (Å²) in [6.07, 6.45) is 0. The Hall–Kier alpha value is 0.170. The molecule has 4 heteroatoms. The molecule has 1 rings (SSSR count). The third kappa shape index (κ3) is 2.06. The van der Waals surface area contributed by atoms with Crippen molar-refractivity contribution in [3.05, 3.63) is 0 Å². The van der Waals surface area contributed by atoms with E-state index in [1.807, 2.05) is 13.8 Å². The van der Waals surface area contributed by atoms with Crippen LogP contribution in [-0.4, -0.2) is 28.2 Å². The second-order valence-electron chi connectivity index (χ2n) is 2.36. The Morgan fingerprint density at radius 3 is 2.55 bits per heavy atom. The van der Waals surface area contributed by atoms with Crippen LogP contribution in [0.1, 0.15) is 13.8 Å². The molecule has 1 aliphatic heterocycles. The summed E-state index contributed by atoms with van der Waals surface area (Å²) in [7, 11) is 0. The first-order valence-corrected chi connectivity index (χ1v) is 5.61. The third-order valence-corrected chi connectivity index (χ3v) is 4.70. The van der Waals surface area contributed by atoms with Gasteiger partial charge < -0.3 is 4.74 Å². The highest BCUT2D eigenvalue weighted by Gasteiger charge is 2.39. The van der Waals surface area contributed by atoms with Crippen molar-refractivity contribution in [2.75, 3.05) is 18.1 Å². The lowest BCUT2D eigenvalue weighted by atomic mass is 10.5. The van der Waals surface area contributed by atoms with E-state index in [-0.39, 0.29) is 10.0 Å². The Bertz CT molecular complexity index is 153. The third-order valence-electron chi connectivity index (χ3n) is 1.48. The first-order valence-electron chi connectivity index (χ1n) is 3.64. The largest absolute Gasteiger partial charge is 0.464 e. The van der Waals surface area contributed by atoms with Crippen LogP contribution in [0.25, 0.3) is 0 Å². The average Bonchev–Trinajstić information content (AvgIpc) is 2.38. The van der Waals surface area contributed by atoms with Gasteiger partial charge in [-0.1, -0.05) is 0 Å². The topological polar surface area (TPSA) is 26.3 Å². The summed E-state index contributed by atoms with van der Waals surface area (Å²) < 4.78 is 4.62. The molecule has 0 aliphatic carbocycles. The quantitative estimate of drug-likeness (QED) is 0.623. The number of hydrogen-bond donors (Lipinski definition) is 0. The lowest BCUT2D eigenvalue weighted by Crippen LogP contribution is -2.27. The van der Waals surface area contributed by atoms with E-state index in [4.69, 9.17) is 4.74 Å². The van der Waals surface area contributed by atoms with Gasteiger partial charge in [-0.2, -0.15) is 0 Å². The molecular formula is C7H12O2S2. The van der Waals surface area contributed by atoms with Gasteiger partial charge in [0.05, 0.1) is 6.61 Å². The minimum Gasteiger partial charge on any atom is -0.464 e. The van der Waals surface area contributed by atoms with E-state index < -0.39 is 0 Å². The lowest BCUT2D eigenvalue weighted by Gasteiger charge is -2.18. The molecule has 2 nitrogen and oxygen atoms in total. The highest BCUT2D eigenvalue weighted by Crippen LogP contribution is 2.44. The SMILES string of the molecule is CCOC(=O)C1(C)SCCS1. The van der Waals surface area contributed by atoms with Crippen LogP contribution in [0.15, 0.2) is 0 Å². The summed E-state index contributed by atoms with van der Waals surface area (Å²) in [4.78, 5) is 11.3. The maximum absolute atomic E-state index is 11.3. The molecule has 0 aromatic rings. The number of thioether (sulfide) groups is 2. The summed E-state index contributed by atoms with van der Waals surface area (Å²) in [5.41, 5.74) is 0. The van der Waals surface area contributed by atoms with Crippen LogP contribution in [0.2, 0.25) is 0 Å². The molecule has 1 fully saturated rings. The van der Waals surface area contributed by atoms with Crippen LogP contribution in [0.3, 0.4) is 0 Å². The fraction of sp³-hybridized carbons (Fsp3) is 0.857. The van der Waals surface area contributed by atoms with Crippen LogP contribution in [-0.2, 0) is 9.53 Å². The molecule has 0 aromatic carbocycles. The van der Waals surface area contributed by atoms with Gasteiger partial charge in [0.15, 0.2) is 4.08 Å². The van der Waals surface area contributed by atoms with Crippen LogP contribution >= 0.6 is 23.5 Å². The van der Waals surface area contributed by atoms with Crippen molar-refractivity contribution < 1.29 is 9.53 Å². The van der Waals surface area contributed by atoms with Crippen LogP contribution in [0.4, 0.5) is 0 Å². The van der Waals surface area contributed by atoms with Gasteiger partial charge in [-0.15, -0.1) is 23.5 Å². The molecule has 0 radical (unpaired) electrons. The van der Waals surface area contributed by atoms with E-state index in [1.165, 1.54) is 0 Å². The number of hydrogen-bond acceptors (Lipinski definition) is 4. The van der Waals surface area contributed by atoms with E-state index >= 15 is 0 Å². The Morgan fingerprint density at radius 1 is 1.55 bits per heavy atom. The Balaban J connectivity index is 2.49. The van der Waals surface area contributed by atoms with Gasteiger partial charge >= 0.3 is 5.97 Å². The summed E-state index contributed by atoms with van der Waals surface area (Å²) in [6, 6.07) is 0. The Labute approximate surface area is 75.4 Å². The summed E-state index contributed by atoms with van der Waals surface area (Å²) in [6.45, 7) is 4.26. The number of carbonyl (C=O) groups is 1. The summed E-state index contributed by atoms with van der Waals surface area (Å²) in [5, 5.41) is 0. The first-order chi connectivity index (χ1) is 5.19. The maximum Gasteiger partial charge on any atom is 0.332 e. The van der Waals surface area contributed by atoms with Crippen molar-refractivity contribution in [3.63, 3.8) is 0 Å². The van der Waals surface area contributed by atoms with Crippen molar-refractivity contribution in [3.8, 4) is 0 Å². The first kappa shape index (κ1) is 9.26. The molecular weight excluding hydrogens is 180 g/mol. The fourth-order valence-corrected chi connectivity index (χ4v) is 3.53. The van der Waals surface area contributed by atoms with Crippen molar-refractivity contribution in [1.82, 2.24) is 0 Å². The van der Waals surface area contributed by atoms with Gasteiger partial charge in [0, 0.05) is 11.5 Å².